The van der Waals surface area contributed by atoms with Gasteiger partial charge in [-0.15, -0.1) is 0 Å². The quantitative estimate of drug-likeness (QED) is 0.0132. The molecule has 23 N–H and O–H groups in total. The lowest BCUT2D eigenvalue weighted by Gasteiger charge is -2.29. The van der Waals surface area contributed by atoms with Gasteiger partial charge < -0.3 is 92.3 Å². The van der Waals surface area contributed by atoms with Crippen LogP contribution in [-0.2, 0) is 55.9 Å². The van der Waals surface area contributed by atoms with Gasteiger partial charge >= 0.3 is 5.97 Å². The molecule has 438 valence electrons. The lowest BCUT2D eigenvalue weighted by molar-refractivity contribution is -0.141. The van der Waals surface area contributed by atoms with Gasteiger partial charge in [0.1, 0.15) is 48.0 Å². The summed E-state index contributed by atoms with van der Waals surface area (Å²) in [6.45, 7) is 1.93. The molecule has 0 aliphatic rings. The highest BCUT2D eigenvalue weighted by Crippen LogP contribution is 2.14. The molecule has 79 heavy (non-hydrogen) atoms. The van der Waals surface area contributed by atoms with E-state index >= 15 is 0 Å². The maximum absolute atomic E-state index is 14.7. The number of carbonyl (C=O) groups excluding carboxylic acids is 7. The molecule has 9 atom stereocenters. The molecule has 2 aromatic carbocycles. The number of hydrogen-bond donors (Lipinski definition) is 18. The molecule has 0 heterocycles. The highest BCUT2D eigenvalue weighted by molar-refractivity contribution is 7.80. The fourth-order valence-electron chi connectivity index (χ4n) is 7.48. The maximum atomic E-state index is 14.7. The van der Waals surface area contributed by atoms with Crippen molar-refractivity contribution in [2.24, 2.45) is 55.1 Å². The number of nitrogens with two attached hydrogens (primary N) is 7. The number of nitrogens with zero attached hydrogens (tertiary/aromatic N) is 3. The van der Waals surface area contributed by atoms with Crippen LogP contribution in [0, 0.1) is 0 Å². The zero-order chi connectivity index (χ0) is 59.0. The molecule has 0 saturated carbocycles. The second-order valence-corrected chi connectivity index (χ2v) is 18.9. The van der Waals surface area contributed by atoms with Crippen molar-refractivity contribution >= 4 is 90.5 Å². The number of unbranched alkanes of at least 4 members (excludes halogenated alkanes) is 1. The predicted octanol–water partition coefficient (Wildman–Crippen LogP) is -4.18. The van der Waals surface area contributed by atoms with E-state index < -0.39 is 102 Å². The van der Waals surface area contributed by atoms with Gasteiger partial charge in [-0.1, -0.05) is 62.2 Å². The highest BCUT2D eigenvalue weighted by atomic mass is 32.1. The summed E-state index contributed by atoms with van der Waals surface area (Å²) in [7, 11) is 1.30. The van der Waals surface area contributed by atoms with Crippen molar-refractivity contribution < 1.29 is 53.3 Å². The minimum absolute atomic E-state index is 0.00752. The van der Waals surface area contributed by atoms with Crippen LogP contribution in [0.3, 0.4) is 0 Å². The molecule has 28 nitrogen and oxygen atoms in total. The Morgan fingerprint density at radius 3 is 1.42 bits per heavy atom. The number of ether oxygens (including phenoxy) is 1. The van der Waals surface area contributed by atoms with Crippen molar-refractivity contribution in [2.75, 3.05) is 38.2 Å². The summed E-state index contributed by atoms with van der Waals surface area (Å²) < 4.78 is 5.57. The molecule has 0 fully saturated rings. The van der Waals surface area contributed by atoms with Crippen LogP contribution in [0.4, 0.5) is 0 Å². The number of thiol groups is 2. The molecule has 1 unspecified atom stereocenters. The van der Waals surface area contributed by atoms with Crippen molar-refractivity contribution in [3.63, 3.8) is 0 Å². The number of nitrogens with one attached hydrogen (secondary N) is 7. The van der Waals surface area contributed by atoms with Crippen LogP contribution >= 0.6 is 25.3 Å². The number of phenols is 1. The Labute approximate surface area is 469 Å². The summed E-state index contributed by atoms with van der Waals surface area (Å²) >= 11 is 8.35. The summed E-state index contributed by atoms with van der Waals surface area (Å²) in [5.41, 5.74) is 40.1. The molecule has 2 rings (SSSR count). The van der Waals surface area contributed by atoms with E-state index in [-0.39, 0.29) is 99.7 Å². The van der Waals surface area contributed by atoms with E-state index in [1.165, 1.54) is 31.4 Å². The number of rotatable bonds is 37. The van der Waals surface area contributed by atoms with Crippen LogP contribution in [0.5, 0.6) is 5.75 Å². The first kappa shape index (κ1) is 67.5. The topological polar surface area (TPSA) is 490 Å². The number of amides is 7. The number of aliphatic imine (C=N–C) groups is 3. The molecule has 7 amide bonds. The van der Waals surface area contributed by atoms with Crippen LogP contribution < -0.4 is 77.4 Å². The van der Waals surface area contributed by atoms with Crippen molar-refractivity contribution in [3.05, 3.63) is 65.7 Å². The second kappa shape index (κ2) is 36.5. The minimum atomic E-state index is -1.57. The van der Waals surface area contributed by atoms with Crippen LogP contribution in [0.1, 0.15) is 69.4 Å². The molecule has 0 saturated heterocycles. The first-order valence-electron chi connectivity index (χ1n) is 25.4. The Balaban J connectivity index is 2.59. The normalized spacial score (nSPS) is 14.3. The number of carbonyl (C=O) groups is 8. The number of guanidine groups is 3. The summed E-state index contributed by atoms with van der Waals surface area (Å²) in [5, 5.41) is 38.0. The van der Waals surface area contributed by atoms with Gasteiger partial charge in [0.05, 0.1) is 18.7 Å². The third-order valence-corrected chi connectivity index (χ3v) is 12.6. The summed E-state index contributed by atoms with van der Waals surface area (Å²) in [5.74, 6) is -8.62. The zero-order valence-electron chi connectivity index (χ0n) is 44.3. The monoisotopic (exact) mass is 1150 g/mol. The van der Waals surface area contributed by atoms with Crippen molar-refractivity contribution in [1.29, 1.82) is 0 Å². The number of carboxylic acid groups (broad SMARTS) is 1. The average molecular weight is 1150 g/mol. The van der Waals surface area contributed by atoms with Gasteiger partial charge in [-0.3, -0.25) is 48.5 Å². The van der Waals surface area contributed by atoms with Gasteiger partial charge in [-0.2, -0.15) is 25.3 Å². The zero-order valence-corrected chi connectivity index (χ0v) is 46.1. The Bertz CT molecular complexity index is 2380. The third kappa shape index (κ3) is 26.6. The van der Waals surface area contributed by atoms with Crippen LogP contribution in [0.25, 0.3) is 0 Å². The van der Waals surface area contributed by atoms with Gasteiger partial charge in [-0.25, -0.2) is 4.79 Å². The minimum Gasteiger partial charge on any atom is -0.508 e. The Hall–Kier alpha value is -7.57. The smallest absolute Gasteiger partial charge is 0.327 e. The van der Waals surface area contributed by atoms with E-state index in [9.17, 15) is 48.6 Å². The largest absolute Gasteiger partial charge is 0.508 e. The molecule has 0 bridgehead atoms. The molecule has 0 aliphatic heterocycles. The molecule has 0 aromatic heterocycles. The number of aromatic hydroxyl groups is 1. The lowest BCUT2D eigenvalue weighted by atomic mass is 10.0. The predicted molar refractivity (Wildman–Crippen MR) is 304 cm³/mol. The fraction of sp³-hybridized carbons (Fsp3) is 0.531. The lowest BCUT2D eigenvalue weighted by Crippen LogP contribution is -2.61. The van der Waals surface area contributed by atoms with Gasteiger partial charge in [0.25, 0.3) is 0 Å². The van der Waals surface area contributed by atoms with Gasteiger partial charge in [0, 0.05) is 51.0 Å². The summed E-state index contributed by atoms with van der Waals surface area (Å²) in [4.78, 5) is 122. The maximum Gasteiger partial charge on any atom is 0.327 e. The molecular formula is C49H79N17O11S2. The van der Waals surface area contributed by atoms with Gasteiger partial charge in [0.15, 0.2) is 17.9 Å². The van der Waals surface area contributed by atoms with E-state index in [2.05, 4.69) is 77.5 Å². The number of hydrogen-bond acceptors (Lipinski definition) is 16. The number of benzene rings is 2. The standard InChI is InChI=1S/C49H79N17O11S2/c1-3-4-13-32(60-39(68)31(50)12-8-19-57-47(51)52)41(70)65-37(25-78)45(74)61-33(14-9-20-58-48(53)54)40(69)62-35(22-28-15-17-29(67)18-16-28)42(71)64-36(23-30(77-2)24-59-49(55)56)44(73)63-34(21-27-10-6-5-7-11-27)43(72)66-38(26-79)46(75)76/h5-7,10-11,15-18,30-38,67,78-79H,3-4,8-9,12-14,19-26,50H2,1-2H3,(H,60,68)(H,61,74)(H,62,69)(H,63,73)(H,64,71)(H,65,70)(H,66,72)(H,75,76)(H4,51,52,57)(H4,53,54,58)(H4,55,56,59)/t30?,31-,32-,33-,34-,35+,36-,37-,38-/m0/s1. The molecule has 30 heteroatoms. The Morgan fingerprint density at radius 1 is 0.532 bits per heavy atom. The number of carboxylic acids is 1. The van der Waals surface area contributed by atoms with Gasteiger partial charge in [-0.05, 0) is 55.4 Å². The Kier molecular flexibility index (Phi) is 31.2. The molecule has 0 spiro atoms. The van der Waals surface area contributed by atoms with Crippen LogP contribution in [0.15, 0.2) is 69.6 Å². The first-order valence-corrected chi connectivity index (χ1v) is 26.6. The van der Waals surface area contributed by atoms with Crippen molar-refractivity contribution in [1.82, 2.24) is 37.2 Å². The van der Waals surface area contributed by atoms with E-state index in [1.54, 1.807) is 30.3 Å². The van der Waals surface area contributed by atoms with E-state index in [0.29, 0.717) is 30.4 Å². The second-order valence-electron chi connectivity index (χ2n) is 18.2. The van der Waals surface area contributed by atoms with E-state index in [4.69, 9.17) is 44.9 Å². The molecular weight excluding hydrogens is 1070 g/mol. The summed E-state index contributed by atoms with van der Waals surface area (Å²) in [6.07, 6.45) is 0.267. The summed E-state index contributed by atoms with van der Waals surface area (Å²) in [6, 6.07) is 3.27. The molecule has 0 radical (unpaired) electrons. The van der Waals surface area contributed by atoms with Crippen LogP contribution in [-0.4, -0.2) is 168 Å². The SMILES string of the molecule is CCCC[C@H](NC(=O)[C@@H](N)CCCN=C(N)N)C(=O)N[C@@H](CS)C(=O)N[C@@H](CCCN=C(N)N)C(=O)N[C@H](Cc1ccc(O)cc1)C(=O)N[C@@H](CC(CN=C(N)N)OC)C(=O)N[C@@H](Cc1ccccc1)C(=O)N[C@@H](CS)C(=O)O. The Morgan fingerprint density at radius 2 is 0.937 bits per heavy atom. The average Bonchev–Trinajstić information content (AvgIpc) is 3.41. The third-order valence-electron chi connectivity index (χ3n) is 11.8. The van der Waals surface area contributed by atoms with Crippen molar-refractivity contribution in [3.8, 4) is 5.75 Å². The fourth-order valence-corrected chi connectivity index (χ4v) is 7.98. The molecule has 0 aliphatic carbocycles. The number of phenolic OH excluding ortho intramolecular Hbond substituents is 1. The van der Waals surface area contributed by atoms with Gasteiger partial charge in [0.2, 0.25) is 41.4 Å². The van der Waals surface area contributed by atoms with Crippen molar-refractivity contribution in [2.45, 2.75) is 126 Å². The van der Waals surface area contributed by atoms with E-state index in [1.807, 2.05) is 6.92 Å². The van der Waals surface area contributed by atoms with Crippen LogP contribution in [0.2, 0.25) is 0 Å². The number of aliphatic carboxylic acids is 1. The van der Waals surface area contributed by atoms with E-state index in [0.717, 1.165) is 0 Å². The first-order chi connectivity index (χ1) is 37.5. The number of methoxy groups -OCH3 is 1. The molecule has 2 aromatic rings. The highest BCUT2D eigenvalue weighted by Gasteiger charge is 2.35.